The van der Waals surface area contributed by atoms with Crippen LogP contribution in [0.4, 0.5) is 62.8 Å². The average Bonchev–Trinajstić information content (AvgIpc) is 3.01. The number of carbonyl (C=O) groups is 2. The molecule has 3 nitrogen and oxygen atoms in total. The zero-order chi connectivity index (χ0) is 28.6. The molecule has 1 heterocycles. The lowest BCUT2D eigenvalue weighted by Crippen LogP contribution is -2.69. The second kappa shape index (κ2) is 8.23. The summed E-state index contributed by atoms with van der Waals surface area (Å²) in [7, 11) is 0. The Balaban J connectivity index is 2.00. The van der Waals surface area contributed by atoms with Gasteiger partial charge in [0.15, 0.2) is 0 Å². The monoisotopic (exact) mass is 575 g/mol. The molecular formula is C20H7ClF13NO2. The highest BCUT2D eigenvalue weighted by atomic mass is 35.5. The molecule has 3 rings (SSSR count). The lowest BCUT2D eigenvalue weighted by Gasteiger charge is -2.39. The fourth-order valence-electron chi connectivity index (χ4n) is 3.22. The predicted molar refractivity (Wildman–Crippen MR) is 98.8 cm³/mol. The van der Waals surface area contributed by atoms with Crippen molar-refractivity contribution < 1.29 is 66.7 Å². The Bertz CT molecular complexity index is 1260. The third-order valence-corrected chi connectivity index (χ3v) is 5.51. The van der Waals surface area contributed by atoms with E-state index in [1.807, 2.05) is 0 Å². The number of alkyl halides is 13. The highest BCUT2D eigenvalue weighted by Gasteiger charge is 2.90. The molecule has 0 fully saturated rings. The Morgan fingerprint density at radius 1 is 0.568 bits per heavy atom. The van der Waals surface area contributed by atoms with E-state index in [1.165, 1.54) is 6.07 Å². The van der Waals surface area contributed by atoms with Gasteiger partial charge in [-0.05, 0) is 30.3 Å². The van der Waals surface area contributed by atoms with Crippen molar-refractivity contribution in [3.05, 3.63) is 64.2 Å². The summed E-state index contributed by atoms with van der Waals surface area (Å²) in [6, 6.07) is 3.73. The molecule has 0 unspecified atom stereocenters. The number of fused-ring (bicyclic) bond motifs is 1. The van der Waals surface area contributed by atoms with Gasteiger partial charge in [-0.3, -0.25) is 9.59 Å². The van der Waals surface area contributed by atoms with Gasteiger partial charge in [0.1, 0.15) is 0 Å². The van der Waals surface area contributed by atoms with Gasteiger partial charge in [0.05, 0.1) is 16.8 Å². The number of nitrogens with zero attached hydrogens (tertiary/aromatic N) is 1. The standard InChI is InChI=1S/C20H7ClF13NO2/c21-9-3-6-11-12(7-9)14(37)35(13(11)36)10-4-1-8(2-5-10)15(22,23)16(24,25)17(26,27)18(28,29)19(30,31)20(32,33)34/h1-7H. The van der Waals surface area contributed by atoms with Crippen molar-refractivity contribution in [1.82, 2.24) is 0 Å². The van der Waals surface area contributed by atoms with Crippen LogP contribution in [0.1, 0.15) is 26.3 Å². The van der Waals surface area contributed by atoms with E-state index < -0.39 is 58.9 Å². The summed E-state index contributed by atoms with van der Waals surface area (Å²) in [4.78, 5) is 25.2. The number of anilines is 1. The van der Waals surface area contributed by atoms with Gasteiger partial charge in [-0.25, -0.2) is 4.90 Å². The fourth-order valence-corrected chi connectivity index (χ4v) is 3.39. The van der Waals surface area contributed by atoms with Crippen molar-refractivity contribution in [2.75, 3.05) is 4.90 Å². The smallest absolute Gasteiger partial charge is 0.268 e. The van der Waals surface area contributed by atoms with Crippen molar-refractivity contribution in [1.29, 1.82) is 0 Å². The number of halogens is 14. The van der Waals surface area contributed by atoms with Crippen molar-refractivity contribution in [3.63, 3.8) is 0 Å². The van der Waals surface area contributed by atoms with E-state index in [2.05, 4.69) is 0 Å². The van der Waals surface area contributed by atoms with Gasteiger partial charge in [-0.15, -0.1) is 0 Å². The molecule has 0 aromatic heterocycles. The maximum Gasteiger partial charge on any atom is 0.460 e. The lowest BCUT2D eigenvalue weighted by molar-refractivity contribution is -0.441. The third kappa shape index (κ3) is 3.82. The second-order valence-electron chi connectivity index (χ2n) is 7.55. The zero-order valence-electron chi connectivity index (χ0n) is 17.1. The molecule has 202 valence electrons. The molecule has 2 aromatic rings. The lowest BCUT2D eigenvalue weighted by atomic mass is 9.90. The second-order valence-corrected chi connectivity index (χ2v) is 7.99. The summed E-state index contributed by atoms with van der Waals surface area (Å²) < 4.78 is 173. The number of hydrogen-bond acceptors (Lipinski definition) is 2. The maximum atomic E-state index is 14.3. The van der Waals surface area contributed by atoms with Crippen LogP contribution in [0.15, 0.2) is 42.5 Å². The topological polar surface area (TPSA) is 37.4 Å². The normalized spacial score (nSPS) is 15.9. The van der Waals surface area contributed by atoms with E-state index >= 15 is 0 Å². The Morgan fingerprint density at radius 2 is 1.03 bits per heavy atom. The molecule has 0 aliphatic carbocycles. The molecule has 0 radical (unpaired) electrons. The van der Waals surface area contributed by atoms with Crippen LogP contribution in [0, 0.1) is 0 Å². The molecule has 1 aliphatic heterocycles. The van der Waals surface area contributed by atoms with Crippen LogP contribution in [0.5, 0.6) is 0 Å². The van der Waals surface area contributed by atoms with Gasteiger partial charge in [0.2, 0.25) is 0 Å². The summed E-state index contributed by atoms with van der Waals surface area (Å²) in [6.07, 6.45) is -7.51. The first-order chi connectivity index (χ1) is 16.5. The molecule has 0 spiro atoms. The van der Waals surface area contributed by atoms with E-state index in [0.29, 0.717) is 17.0 Å². The van der Waals surface area contributed by atoms with Crippen LogP contribution in [0.25, 0.3) is 0 Å². The number of rotatable bonds is 6. The first kappa shape index (κ1) is 28.5. The summed E-state index contributed by atoms with van der Waals surface area (Å²) >= 11 is 5.71. The molecule has 0 bridgehead atoms. The summed E-state index contributed by atoms with van der Waals surface area (Å²) in [5.41, 5.74) is -3.33. The fraction of sp³-hybridized carbons (Fsp3) is 0.300. The maximum absolute atomic E-state index is 14.3. The SMILES string of the molecule is O=C1c2ccc(Cl)cc2C(=O)N1c1ccc(C(F)(F)C(F)(F)C(F)(F)C(F)(F)C(F)(F)C(F)(F)F)cc1. The quantitative estimate of drug-likeness (QED) is 0.267. The van der Waals surface area contributed by atoms with Gasteiger partial charge < -0.3 is 0 Å². The van der Waals surface area contributed by atoms with Crippen LogP contribution < -0.4 is 4.90 Å². The minimum atomic E-state index is -8.02. The first-order valence-corrected chi connectivity index (χ1v) is 9.66. The molecule has 0 saturated heterocycles. The van der Waals surface area contributed by atoms with Crippen molar-refractivity contribution >= 4 is 29.1 Å². The third-order valence-electron chi connectivity index (χ3n) is 5.27. The van der Waals surface area contributed by atoms with Crippen LogP contribution >= 0.6 is 11.6 Å². The molecule has 2 aromatic carbocycles. The minimum absolute atomic E-state index is 0.00722. The Labute approximate surface area is 201 Å². The molecule has 0 saturated carbocycles. The highest BCUT2D eigenvalue weighted by molar-refractivity contribution is 6.36. The van der Waals surface area contributed by atoms with Crippen LogP contribution in [0.2, 0.25) is 5.02 Å². The molecule has 0 N–H and O–H groups in total. The summed E-state index contributed by atoms with van der Waals surface area (Å²) in [5.74, 6) is -39.9. The number of carbonyl (C=O) groups excluding carboxylic acids is 2. The van der Waals surface area contributed by atoms with E-state index in [-0.39, 0.29) is 28.3 Å². The molecule has 1 aliphatic rings. The predicted octanol–water partition coefficient (Wildman–Crippen LogP) is 7.34. The van der Waals surface area contributed by atoms with Gasteiger partial charge >= 0.3 is 35.8 Å². The van der Waals surface area contributed by atoms with Gasteiger partial charge in [0.25, 0.3) is 11.8 Å². The average molecular weight is 576 g/mol. The molecule has 37 heavy (non-hydrogen) atoms. The van der Waals surface area contributed by atoms with E-state index in [0.717, 1.165) is 12.1 Å². The van der Waals surface area contributed by atoms with Gasteiger partial charge in [-0.2, -0.15) is 57.1 Å². The zero-order valence-corrected chi connectivity index (χ0v) is 17.9. The van der Waals surface area contributed by atoms with Gasteiger partial charge in [0, 0.05) is 10.6 Å². The number of benzene rings is 2. The number of imide groups is 1. The van der Waals surface area contributed by atoms with E-state index in [1.54, 1.807) is 0 Å². The summed E-state index contributed by atoms with van der Waals surface area (Å²) in [6.45, 7) is 0. The van der Waals surface area contributed by atoms with Crippen molar-refractivity contribution in [3.8, 4) is 0 Å². The van der Waals surface area contributed by atoms with Crippen molar-refractivity contribution in [2.45, 2.75) is 35.8 Å². The Hall–Kier alpha value is -3.04. The molecule has 17 heteroatoms. The van der Waals surface area contributed by atoms with Crippen LogP contribution in [-0.2, 0) is 5.92 Å². The number of amides is 2. The largest absolute Gasteiger partial charge is 0.460 e. The first-order valence-electron chi connectivity index (χ1n) is 9.28. The molecular weight excluding hydrogens is 569 g/mol. The Morgan fingerprint density at radius 3 is 1.51 bits per heavy atom. The van der Waals surface area contributed by atoms with Crippen LogP contribution in [-0.4, -0.2) is 41.7 Å². The number of hydrogen-bond donors (Lipinski definition) is 0. The van der Waals surface area contributed by atoms with Crippen molar-refractivity contribution in [2.24, 2.45) is 0 Å². The molecule has 2 amide bonds. The highest BCUT2D eigenvalue weighted by Crippen LogP contribution is 2.62. The van der Waals surface area contributed by atoms with E-state index in [9.17, 15) is 66.7 Å². The van der Waals surface area contributed by atoms with E-state index in [4.69, 9.17) is 11.6 Å². The van der Waals surface area contributed by atoms with Crippen LogP contribution in [0.3, 0.4) is 0 Å². The molecule has 0 atom stereocenters. The van der Waals surface area contributed by atoms with Gasteiger partial charge in [-0.1, -0.05) is 23.7 Å². The minimum Gasteiger partial charge on any atom is -0.268 e. The summed E-state index contributed by atoms with van der Waals surface area (Å²) in [5, 5.41) is 0.00722. The Kier molecular flexibility index (Phi) is 6.35.